The molecule has 194 valence electrons. The van der Waals surface area contributed by atoms with Crippen molar-refractivity contribution in [3.05, 3.63) is 58.7 Å². The number of amides is 2. The number of nitrogens with one attached hydrogen (secondary N) is 2. The molecule has 0 unspecified atom stereocenters. The molecule has 36 heavy (non-hydrogen) atoms. The SMILES string of the molecule is CS(=O)(=O)NC(=O)C1=C(C(=O)Nc2c(F)c(F)c(-c3cccc(OC(F)(F)F)c3)c(F)c2F)CCC1. The van der Waals surface area contributed by atoms with E-state index in [4.69, 9.17) is 0 Å². The lowest BCUT2D eigenvalue weighted by atomic mass is 10.0. The number of benzene rings is 2. The van der Waals surface area contributed by atoms with Crippen LogP contribution in [-0.2, 0) is 19.6 Å². The molecule has 0 spiro atoms. The van der Waals surface area contributed by atoms with E-state index < -0.39 is 74.0 Å². The highest BCUT2D eigenvalue weighted by Crippen LogP contribution is 2.37. The van der Waals surface area contributed by atoms with Gasteiger partial charge >= 0.3 is 6.36 Å². The second-order valence-corrected chi connectivity index (χ2v) is 9.30. The van der Waals surface area contributed by atoms with Crippen molar-refractivity contribution in [2.75, 3.05) is 11.6 Å². The summed E-state index contributed by atoms with van der Waals surface area (Å²) in [4.78, 5) is 24.7. The fourth-order valence-corrected chi connectivity index (χ4v) is 3.97. The molecule has 0 fully saturated rings. The summed E-state index contributed by atoms with van der Waals surface area (Å²) >= 11 is 0. The van der Waals surface area contributed by atoms with Crippen molar-refractivity contribution < 1.29 is 53.5 Å². The summed E-state index contributed by atoms with van der Waals surface area (Å²) in [5.41, 5.74) is -4.25. The van der Waals surface area contributed by atoms with Crippen molar-refractivity contribution in [1.82, 2.24) is 4.72 Å². The smallest absolute Gasteiger partial charge is 0.406 e. The van der Waals surface area contributed by atoms with Crippen LogP contribution in [0, 0.1) is 23.3 Å². The molecule has 1 aliphatic carbocycles. The Balaban J connectivity index is 1.99. The molecule has 2 N–H and O–H groups in total. The molecule has 0 heterocycles. The minimum Gasteiger partial charge on any atom is -0.406 e. The Morgan fingerprint density at radius 3 is 2.00 bits per heavy atom. The number of ether oxygens (including phenoxy) is 1. The first kappa shape index (κ1) is 27.0. The van der Waals surface area contributed by atoms with Crippen LogP contribution >= 0.6 is 0 Å². The van der Waals surface area contributed by atoms with Crippen molar-refractivity contribution in [2.45, 2.75) is 25.6 Å². The Morgan fingerprint density at radius 1 is 0.917 bits per heavy atom. The number of halogens is 7. The minimum absolute atomic E-state index is 0.0485. The standard InChI is InChI=1S/C21H15F7N2O5S/c1-36(33,34)30-20(32)12-7-3-6-11(12)19(31)29-18-16(24)14(22)13(15(23)17(18)25)9-4-2-5-10(8-9)35-21(26,27)28/h2,4-5,8H,3,6-7H2,1H3,(H,29,31)(H,30,32). The zero-order chi connectivity index (χ0) is 27.0. The number of carbonyl (C=O) groups excluding carboxylic acids is 2. The average Bonchev–Trinajstić information content (AvgIpc) is 3.24. The van der Waals surface area contributed by atoms with Gasteiger partial charge in [-0.3, -0.25) is 9.59 Å². The maximum absolute atomic E-state index is 14.7. The van der Waals surface area contributed by atoms with Crippen molar-refractivity contribution in [3.8, 4) is 16.9 Å². The molecule has 7 nitrogen and oxygen atoms in total. The zero-order valence-electron chi connectivity index (χ0n) is 18.0. The lowest BCUT2D eigenvalue weighted by Gasteiger charge is -2.15. The predicted molar refractivity (Wildman–Crippen MR) is 111 cm³/mol. The van der Waals surface area contributed by atoms with Crippen molar-refractivity contribution in [3.63, 3.8) is 0 Å². The first-order valence-electron chi connectivity index (χ1n) is 9.86. The fraction of sp³-hybridized carbons (Fsp3) is 0.238. The van der Waals surface area contributed by atoms with Crippen molar-refractivity contribution in [2.24, 2.45) is 0 Å². The minimum atomic E-state index is -5.15. The Hall–Kier alpha value is -3.62. The van der Waals surface area contributed by atoms with Gasteiger partial charge in [0.15, 0.2) is 23.3 Å². The molecule has 3 rings (SSSR count). The summed E-state index contributed by atoms with van der Waals surface area (Å²) < 4.78 is 124. The molecule has 0 aromatic heterocycles. The van der Waals surface area contributed by atoms with E-state index in [2.05, 4.69) is 4.74 Å². The van der Waals surface area contributed by atoms with Gasteiger partial charge in [0.25, 0.3) is 11.8 Å². The van der Waals surface area contributed by atoms with E-state index in [0.29, 0.717) is 12.3 Å². The normalized spacial score (nSPS) is 14.1. The van der Waals surface area contributed by atoms with Crippen LogP contribution in [0.1, 0.15) is 19.3 Å². The van der Waals surface area contributed by atoms with Crippen LogP contribution in [0.15, 0.2) is 35.4 Å². The van der Waals surface area contributed by atoms with Crippen LogP contribution in [0.4, 0.5) is 36.4 Å². The lowest BCUT2D eigenvalue weighted by molar-refractivity contribution is -0.274. The molecule has 0 radical (unpaired) electrons. The second kappa shape index (κ2) is 9.79. The maximum atomic E-state index is 14.7. The zero-order valence-corrected chi connectivity index (χ0v) is 18.8. The van der Waals surface area contributed by atoms with Gasteiger partial charge in [-0.25, -0.2) is 30.7 Å². The molecular weight excluding hydrogens is 525 g/mol. The average molecular weight is 540 g/mol. The van der Waals surface area contributed by atoms with Gasteiger partial charge in [0.05, 0.1) is 11.8 Å². The predicted octanol–water partition coefficient (Wildman–Crippen LogP) is 4.30. The molecule has 0 aliphatic heterocycles. The van der Waals surface area contributed by atoms with E-state index in [9.17, 15) is 48.7 Å². The van der Waals surface area contributed by atoms with Crippen LogP contribution in [-0.4, -0.2) is 32.9 Å². The van der Waals surface area contributed by atoms with Crippen LogP contribution < -0.4 is 14.8 Å². The Morgan fingerprint density at radius 2 is 1.47 bits per heavy atom. The number of hydrogen-bond acceptors (Lipinski definition) is 5. The highest BCUT2D eigenvalue weighted by atomic mass is 32.2. The van der Waals surface area contributed by atoms with E-state index in [-0.39, 0.29) is 30.4 Å². The monoisotopic (exact) mass is 540 g/mol. The number of carbonyl (C=O) groups is 2. The van der Waals surface area contributed by atoms with Gasteiger partial charge in [0.1, 0.15) is 11.4 Å². The number of sulfonamides is 1. The molecular formula is C21H15F7N2O5S. The summed E-state index contributed by atoms with van der Waals surface area (Å²) in [6, 6.07) is 3.07. The molecule has 2 aromatic rings. The Labute approximate surface area is 199 Å². The fourth-order valence-electron chi connectivity index (χ4n) is 3.51. The first-order valence-corrected chi connectivity index (χ1v) is 11.8. The Bertz CT molecular complexity index is 1360. The molecule has 2 aromatic carbocycles. The summed E-state index contributed by atoms with van der Waals surface area (Å²) in [6.45, 7) is 0. The van der Waals surface area contributed by atoms with E-state index in [1.807, 2.05) is 0 Å². The van der Waals surface area contributed by atoms with E-state index in [1.54, 1.807) is 10.0 Å². The maximum Gasteiger partial charge on any atom is 0.573 e. The number of hydrogen-bond donors (Lipinski definition) is 2. The largest absolute Gasteiger partial charge is 0.573 e. The van der Waals surface area contributed by atoms with Crippen LogP contribution in [0.3, 0.4) is 0 Å². The number of anilines is 1. The van der Waals surface area contributed by atoms with E-state index in [1.165, 1.54) is 0 Å². The van der Waals surface area contributed by atoms with Crippen LogP contribution in [0.2, 0.25) is 0 Å². The van der Waals surface area contributed by atoms with Gasteiger partial charge in [-0.1, -0.05) is 12.1 Å². The molecule has 1 aliphatic rings. The third-order valence-corrected chi connectivity index (χ3v) is 5.46. The highest BCUT2D eigenvalue weighted by molar-refractivity contribution is 7.89. The molecule has 0 atom stereocenters. The molecule has 0 saturated carbocycles. The van der Waals surface area contributed by atoms with Gasteiger partial charge in [0.2, 0.25) is 10.0 Å². The van der Waals surface area contributed by atoms with Crippen molar-refractivity contribution >= 4 is 27.5 Å². The quantitative estimate of drug-likeness (QED) is 0.420. The van der Waals surface area contributed by atoms with Gasteiger partial charge in [0, 0.05) is 11.1 Å². The summed E-state index contributed by atoms with van der Waals surface area (Å²) in [6.07, 6.45) is -4.41. The molecule has 2 amide bonds. The summed E-state index contributed by atoms with van der Waals surface area (Å²) in [7, 11) is -3.99. The third kappa shape index (κ3) is 5.95. The topological polar surface area (TPSA) is 102 Å². The van der Waals surface area contributed by atoms with Crippen LogP contribution in [0.5, 0.6) is 5.75 Å². The van der Waals surface area contributed by atoms with Gasteiger partial charge in [-0.15, -0.1) is 13.2 Å². The highest BCUT2D eigenvalue weighted by Gasteiger charge is 2.33. The van der Waals surface area contributed by atoms with Gasteiger partial charge in [-0.05, 0) is 37.0 Å². The molecule has 0 saturated heterocycles. The van der Waals surface area contributed by atoms with Gasteiger partial charge < -0.3 is 10.1 Å². The third-order valence-electron chi connectivity index (χ3n) is 4.90. The molecule has 15 heteroatoms. The van der Waals surface area contributed by atoms with Crippen LogP contribution in [0.25, 0.3) is 11.1 Å². The van der Waals surface area contributed by atoms with E-state index in [0.717, 1.165) is 18.2 Å². The molecule has 0 bridgehead atoms. The van der Waals surface area contributed by atoms with Crippen molar-refractivity contribution in [1.29, 1.82) is 0 Å². The number of rotatable bonds is 6. The first-order chi connectivity index (χ1) is 16.6. The number of alkyl halides is 3. The Kier molecular flexibility index (Phi) is 7.34. The van der Waals surface area contributed by atoms with Gasteiger partial charge in [-0.2, -0.15) is 0 Å². The summed E-state index contributed by atoms with van der Waals surface area (Å²) in [5.74, 6) is -11.6. The lowest BCUT2D eigenvalue weighted by Crippen LogP contribution is -2.31. The second-order valence-electron chi connectivity index (χ2n) is 7.55. The van der Waals surface area contributed by atoms with E-state index >= 15 is 0 Å². The summed E-state index contributed by atoms with van der Waals surface area (Å²) in [5, 5.41) is 1.64.